The summed E-state index contributed by atoms with van der Waals surface area (Å²) in [4.78, 5) is 4.79. The molecule has 0 amide bonds. The molecule has 0 spiro atoms. The van der Waals surface area contributed by atoms with Crippen molar-refractivity contribution in [3.63, 3.8) is 0 Å². The summed E-state index contributed by atoms with van der Waals surface area (Å²) in [5, 5.41) is 7.24. The second-order valence-corrected chi connectivity index (χ2v) is 8.17. The van der Waals surface area contributed by atoms with Gasteiger partial charge >= 0.3 is 0 Å². The molecular weight excluding hydrogens is 511 g/mol. The highest BCUT2D eigenvalue weighted by atomic mass is 127. The highest BCUT2D eigenvalue weighted by molar-refractivity contribution is 14.0. The van der Waals surface area contributed by atoms with Gasteiger partial charge in [-0.3, -0.25) is 0 Å². The van der Waals surface area contributed by atoms with Gasteiger partial charge in [0.05, 0.1) is 11.4 Å². The Morgan fingerprint density at radius 1 is 1.00 bits per heavy atom. The van der Waals surface area contributed by atoms with Crippen molar-refractivity contribution in [2.24, 2.45) is 4.99 Å². The van der Waals surface area contributed by atoms with E-state index in [4.69, 9.17) is 11.6 Å². The highest BCUT2D eigenvalue weighted by Crippen LogP contribution is 2.11. The number of hydrogen-bond acceptors (Lipinski definition) is 3. The lowest BCUT2D eigenvalue weighted by Crippen LogP contribution is -2.38. The minimum absolute atomic E-state index is 0. The number of aliphatic imine (C=N–C) groups is 1. The van der Waals surface area contributed by atoms with Crippen LogP contribution in [-0.2, 0) is 23.0 Å². The average Bonchev–Trinajstić information content (AvgIpc) is 2.68. The molecular formula is C19H26ClIN4O2S. The molecule has 28 heavy (non-hydrogen) atoms. The Kier molecular flexibility index (Phi) is 10.8. The Hall–Kier alpha value is -1.36. The van der Waals surface area contributed by atoms with Crippen LogP contribution in [0, 0.1) is 0 Å². The first kappa shape index (κ1) is 24.7. The van der Waals surface area contributed by atoms with Gasteiger partial charge in [-0.15, -0.1) is 24.0 Å². The van der Waals surface area contributed by atoms with Gasteiger partial charge in [0.25, 0.3) is 0 Å². The van der Waals surface area contributed by atoms with Crippen molar-refractivity contribution < 1.29 is 8.42 Å². The van der Waals surface area contributed by atoms with Crippen molar-refractivity contribution in [1.29, 1.82) is 0 Å². The van der Waals surface area contributed by atoms with Crippen molar-refractivity contribution in [3.8, 4) is 0 Å². The van der Waals surface area contributed by atoms with E-state index in [1.807, 2.05) is 31.2 Å². The first-order chi connectivity index (χ1) is 12.9. The molecule has 0 aliphatic carbocycles. The van der Waals surface area contributed by atoms with Gasteiger partial charge in [0.1, 0.15) is 0 Å². The molecule has 0 saturated carbocycles. The van der Waals surface area contributed by atoms with E-state index in [1.165, 1.54) is 12.6 Å². The zero-order valence-electron chi connectivity index (χ0n) is 15.9. The fourth-order valence-corrected chi connectivity index (χ4v) is 3.24. The molecule has 3 N–H and O–H groups in total. The maximum Gasteiger partial charge on any atom is 0.240 e. The van der Waals surface area contributed by atoms with E-state index < -0.39 is 10.0 Å². The number of benzene rings is 2. The molecule has 0 fully saturated rings. The van der Waals surface area contributed by atoms with Crippen LogP contribution >= 0.6 is 35.6 Å². The number of nitrogens with zero attached hydrogens (tertiary/aromatic N) is 1. The molecule has 6 nitrogen and oxygen atoms in total. The zero-order chi connectivity index (χ0) is 19.7. The second-order valence-electron chi connectivity index (χ2n) is 5.85. The van der Waals surface area contributed by atoms with Gasteiger partial charge in [0, 0.05) is 18.1 Å². The van der Waals surface area contributed by atoms with Crippen LogP contribution in [0.2, 0.25) is 5.02 Å². The molecule has 0 aliphatic heterocycles. The molecule has 2 aromatic carbocycles. The predicted octanol–water partition coefficient (Wildman–Crippen LogP) is 3.16. The maximum absolute atomic E-state index is 11.8. The van der Waals surface area contributed by atoms with Crippen LogP contribution in [0.25, 0.3) is 0 Å². The molecule has 0 aromatic heterocycles. The van der Waals surface area contributed by atoms with E-state index >= 15 is 0 Å². The quantitative estimate of drug-likeness (QED) is 0.275. The molecule has 0 unspecified atom stereocenters. The summed E-state index contributed by atoms with van der Waals surface area (Å²) in [6.07, 6.45) is 0.859. The molecule has 0 saturated heterocycles. The Balaban J connectivity index is 0.00000392. The van der Waals surface area contributed by atoms with Gasteiger partial charge in [-0.1, -0.05) is 35.9 Å². The van der Waals surface area contributed by atoms with E-state index in [-0.39, 0.29) is 28.9 Å². The number of sulfonamides is 1. The number of halogens is 2. The normalized spacial score (nSPS) is 11.6. The third kappa shape index (κ3) is 7.94. The minimum Gasteiger partial charge on any atom is -0.357 e. The van der Waals surface area contributed by atoms with Crippen molar-refractivity contribution in [3.05, 3.63) is 64.7 Å². The van der Waals surface area contributed by atoms with Crippen molar-refractivity contribution in [1.82, 2.24) is 15.4 Å². The van der Waals surface area contributed by atoms with Crippen LogP contribution < -0.4 is 15.4 Å². The molecule has 0 atom stereocenters. The first-order valence-electron chi connectivity index (χ1n) is 8.73. The topological polar surface area (TPSA) is 82.6 Å². The minimum atomic E-state index is -3.41. The number of nitrogens with one attached hydrogen (secondary N) is 3. The summed E-state index contributed by atoms with van der Waals surface area (Å²) in [7, 11) is -2.02. The first-order valence-corrected chi connectivity index (χ1v) is 10.6. The largest absolute Gasteiger partial charge is 0.357 e. The Labute approximate surface area is 189 Å². The van der Waals surface area contributed by atoms with E-state index in [1.54, 1.807) is 24.3 Å². The molecule has 0 radical (unpaired) electrons. The van der Waals surface area contributed by atoms with Gasteiger partial charge in [-0.05, 0) is 55.8 Å². The molecule has 2 aromatic rings. The van der Waals surface area contributed by atoms with Crippen molar-refractivity contribution in [2.45, 2.75) is 24.8 Å². The van der Waals surface area contributed by atoms with Gasteiger partial charge in [0.2, 0.25) is 10.0 Å². The lowest BCUT2D eigenvalue weighted by Gasteiger charge is -2.11. The van der Waals surface area contributed by atoms with Crippen LogP contribution in [0.5, 0.6) is 0 Å². The van der Waals surface area contributed by atoms with Crippen molar-refractivity contribution in [2.75, 3.05) is 20.1 Å². The molecule has 154 valence electrons. The van der Waals surface area contributed by atoms with Crippen LogP contribution in [0.1, 0.15) is 18.1 Å². The lowest BCUT2D eigenvalue weighted by atomic mass is 10.1. The lowest BCUT2D eigenvalue weighted by molar-refractivity contribution is 0.588. The van der Waals surface area contributed by atoms with E-state index in [9.17, 15) is 8.42 Å². The van der Waals surface area contributed by atoms with Crippen molar-refractivity contribution >= 4 is 51.6 Å². The van der Waals surface area contributed by atoms with Gasteiger partial charge < -0.3 is 10.6 Å². The SMILES string of the molecule is CCNC(=NCc1ccc(S(=O)(=O)NC)cc1)NCCc1ccc(Cl)cc1.I. The summed E-state index contributed by atoms with van der Waals surface area (Å²) < 4.78 is 25.8. The number of rotatable bonds is 8. The van der Waals surface area contributed by atoms with Gasteiger partial charge in [-0.25, -0.2) is 18.1 Å². The predicted molar refractivity (Wildman–Crippen MR) is 126 cm³/mol. The summed E-state index contributed by atoms with van der Waals surface area (Å²) >= 11 is 5.90. The molecule has 0 bridgehead atoms. The summed E-state index contributed by atoms with van der Waals surface area (Å²) in [6.45, 7) is 3.96. The second kappa shape index (κ2) is 12.3. The van der Waals surface area contributed by atoms with Crippen LogP contribution in [-0.4, -0.2) is 34.5 Å². The summed E-state index contributed by atoms with van der Waals surface area (Å²) in [6, 6.07) is 14.5. The van der Waals surface area contributed by atoms with Crippen LogP contribution in [0.15, 0.2) is 58.4 Å². The molecule has 0 aliphatic rings. The molecule has 9 heteroatoms. The molecule has 0 heterocycles. The summed E-state index contributed by atoms with van der Waals surface area (Å²) in [5.41, 5.74) is 2.13. The Bertz CT molecular complexity index is 857. The van der Waals surface area contributed by atoms with E-state index in [0.717, 1.165) is 36.1 Å². The van der Waals surface area contributed by atoms with Gasteiger partial charge in [-0.2, -0.15) is 0 Å². The monoisotopic (exact) mass is 536 g/mol. The standard InChI is InChI=1S/C19H25ClN4O2S.HI/c1-3-22-19(23-13-12-15-4-8-17(20)9-5-15)24-14-16-6-10-18(11-7-16)27(25,26)21-2;/h4-11,21H,3,12-14H2,1-2H3,(H2,22,23,24);1H. The smallest absolute Gasteiger partial charge is 0.240 e. The average molecular weight is 537 g/mol. The fourth-order valence-electron chi connectivity index (χ4n) is 2.38. The zero-order valence-corrected chi connectivity index (χ0v) is 19.8. The maximum atomic E-state index is 11.8. The molecule has 2 rings (SSSR count). The Morgan fingerprint density at radius 3 is 2.18 bits per heavy atom. The van der Waals surface area contributed by atoms with E-state index in [0.29, 0.717) is 6.54 Å². The number of hydrogen-bond donors (Lipinski definition) is 3. The third-order valence-electron chi connectivity index (χ3n) is 3.89. The van der Waals surface area contributed by atoms with Crippen LogP contribution in [0.4, 0.5) is 0 Å². The highest BCUT2D eigenvalue weighted by Gasteiger charge is 2.10. The van der Waals surface area contributed by atoms with E-state index in [2.05, 4.69) is 20.3 Å². The fraction of sp³-hybridized carbons (Fsp3) is 0.316. The van der Waals surface area contributed by atoms with Crippen LogP contribution in [0.3, 0.4) is 0 Å². The Morgan fingerprint density at radius 2 is 1.61 bits per heavy atom. The summed E-state index contributed by atoms with van der Waals surface area (Å²) in [5.74, 6) is 0.721. The van der Waals surface area contributed by atoms with Gasteiger partial charge in [0.15, 0.2) is 5.96 Å². The number of guanidine groups is 1. The third-order valence-corrected chi connectivity index (χ3v) is 5.57.